The van der Waals surface area contributed by atoms with Crippen molar-refractivity contribution in [2.24, 2.45) is 0 Å². The van der Waals surface area contributed by atoms with Crippen molar-refractivity contribution in [2.45, 2.75) is 39.3 Å². The van der Waals surface area contributed by atoms with Gasteiger partial charge in [-0.3, -0.25) is 14.5 Å². The quantitative estimate of drug-likeness (QED) is 0.742. The molecule has 0 bridgehead atoms. The third-order valence-electron chi connectivity index (χ3n) is 5.67. The van der Waals surface area contributed by atoms with Crippen LogP contribution in [0.25, 0.3) is 0 Å². The Hall–Kier alpha value is -2.71. The minimum atomic E-state index is -3.65. The Kier molecular flexibility index (Phi) is 6.52. The molecule has 31 heavy (non-hydrogen) atoms. The number of amides is 2. The van der Waals surface area contributed by atoms with Gasteiger partial charge in [0.05, 0.1) is 12.8 Å². The van der Waals surface area contributed by atoms with Crippen molar-refractivity contribution in [1.82, 2.24) is 9.62 Å². The van der Waals surface area contributed by atoms with Crippen molar-refractivity contribution in [2.75, 3.05) is 24.2 Å². The lowest BCUT2D eigenvalue weighted by atomic mass is 9.94. The number of carbonyl (C=O) groups excluding carboxylic acids is 2. The van der Waals surface area contributed by atoms with Crippen LogP contribution in [0.15, 0.2) is 48.5 Å². The highest BCUT2D eigenvalue weighted by molar-refractivity contribution is 7.88. The molecule has 8 heteroatoms. The average molecular weight is 444 g/mol. The van der Waals surface area contributed by atoms with E-state index >= 15 is 0 Å². The van der Waals surface area contributed by atoms with E-state index in [0.29, 0.717) is 5.69 Å². The van der Waals surface area contributed by atoms with E-state index in [1.54, 1.807) is 19.1 Å². The lowest BCUT2D eigenvalue weighted by Crippen LogP contribution is -2.70. The Bertz CT molecular complexity index is 1070. The van der Waals surface area contributed by atoms with Crippen LogP contribution in [-0.4, -0.2) is 49.4 Å². The predicted octanol–water partition coefficient (Wildman–Crippen LogP) is 2.24. The fourth-order valence-electron chi connectivity index (χ4n) is 3.76. The lowest BCUT2D eigenvalue weighted by molar-refractivity contribution is -0.133. The summed E-state index contributed by atoms with van der Waals surface area (Å²) in [5.74, 6) is -0.844. The van der Waals surface area contributed by atoms with Gasteiger partial charge in [-0.1, -0.05) is 48.9 Å². The number of aryl methyl sites for hydroxylation is 2. The molecule has 0 spiro atoms. The van der Waals surface area contributed by atoms with Gasteiger partial charge in [-0.05, 0) is 43.5 Å². The second kappa shape index (κ2) is 8.80. The molecule has 1 N–H and O–H groups in total. The summed E-state index contributed by atoms with van der Waals surface area (Å²) in [7, 11) is -3.65. The van der Waals surface area contributed by atoms with E-state index < -0.39 is 27.4 Å². The molecular weight excluding hydrogens is 414 g/mol. The molecule has 1 atom stereocenters. The Morgan fingerprint density at radius 1 is 1.06 bits per heavy atom. The highest BCUT2D eigenvalue weighted by atomic mass is 32.2. The number of piperazine rings is 1. The number of sulfonamides is 1. The minimum absolute atomic E-state index is 0.118. The van der Waals surface area contributed by atoms with Gasteiger partial charge < -0.3 is 5.32 Å². The lowest BCUT2D eigenvalue weighted by Gasteiger charge is -2.46. The molecule has 2 aromatic rings. The second-order valence-corrected chi connectivity index (χ2v) is 10.2. The molecular formula is C23H29N3O4S. The molecule has 1 heterocycles. The third-order valence-corrected chi connectivity index (χ3v) is 6.87. The minimum Gasteiger partial charge on any atom is -0.350 e. The molecule has 0 aromatic heterocycles. The summed E-state index contributed by atoms with van der Waals surface area (Å²) >= 11 is 0. The summed E-state index contributed by atoms with van der Waals surface area (Å²) in [4.78, 5) is 27.9. The number of carbonyl (C=O) groups is 2. The number of anilines is 1. The van der Waals surface area contributed by atoms with E-state index in [1.807, 2.05) is 50.2 Å². The summed E-state index contributed by atoms with van der Waals surface area (Å²) in [6.07, 6.45) is 1.90. The number of hydrogen-bond acceptors (Lipinski definition) is 4. The molecule has 0 aliphatic carbocycles. The number of nitrogens with zero attached hydrogens (tertiary/aromatic N) is 2. The van der Waals surface area contributed by atoms with Gasteiger partial charge in [0.1, 0.15) is 5.54 Å². The van der Waals surface area contributed by atoms with Gasteiger partial charge in [-0.25, -0.2) is 8.42 Å². The van der Waals surface area contributed by atoms with Gasteiger partial charge in [0.15, 0.2) is 0 Å². The number of nitrogens with one attached hydrogen (secondary N) is 1. The number of rotatable bonds is 6. The first-order valence-corrected chi connectivity index (χ1v) is 12.1. The molecule has 1 aliphatic heterocycles. The van der Waals surface area contributed by atoms with Crippen LogP contribution in [0.3, 0.4) is 0 Å². The fourth-order valence-corrected chi connectivity index (χ4v) is 4.59. The molecule has 0 saturated carbocycles. The first kappa shape index (κ1) is 23.0. The highest BCUT2D eigenvalue weighted by Crippen LogP contribution is 2.31. The smallest absolute Gasteiger partial charge is 0.247 e. The zero-order chi connectivity index (χ0) is 22.8. The summed E-state index contributed by atoms with van der Waals surface area (Å²) in [6, 6.07) is 15.2. The monoisotopic (exact) mass is 443 g/mol. The summed E-state index contributed by atoms with van der Waals surface area (Å²) in [5, 5.41) is 2.89. The van der Waals surface area contributed by atoms with Gasteiger partial charge in [-0.15, -0.1) is 0 Å². The normalized spacial score (nSPS) is 20.0. The molecule has 2 amide bonds. The average Bonchev–Trinajstić information content (AvgIpc) is 2.72. The number of hydrogen-bond donors (Lipinski definition) is 1. The van der Waals surface area contributed by atoms with Crippen molar-refractivity contribution in [1.29, 1.82) is 0 Å². The topological polar surface area (TPSA) is 86.8 Å². The molecule has 1 fully saturated rings. The Morgan fingerprint density at radius 2 is 1.65 bits per heavy atom. The Morgan fingerprint density at radius 3 is 2.19 bits per heavy atom. The third kappa shape index (κ3) is 4.97. The largest absolute Gasteiger partial charge is 0.350 e. The molecule has 1 saturated heterocycles. The zero-order valence-electron chi connectivity index (χ0n) is 18.4. The molecule has 7 nitrogen and oxygen atoms in total. The van der Waals surface area contributed by atoms with Crippen LogP contribution in [0.2, 0.25) is 0 Å². The van der Waals surface area contributed by atoms with Crippen molar-refractivity contribution in [3.05, 3.63) is 65.2 Å². The van der Waals surface area contributed by atoms with E-state index in [9.17, 15) is 18.0 Å². The van der Waals surface area contributed by atoms with Crippen LogP contribution < -0.4 is 10.2 Å². The van der Waals surface area contributed by atoms with Crippen molar-refractivity contribution in [3.8, 4) is 0 Å². The van der Waals surface area contributed by atoms with Crippen LogP contribution in [0, 0.1) is 6.92 Å². The fraction of sp³-hybridized carbons (Fsp3) is 0.391. The molecule has 2 aromatic carbocycles. The van der Waals surface area contributed by atoms with Gasteiger partial charge in [0.2, 0.25) is 21.8 Å². The molecule has 0 radical (unpaired) electrons. The van der Waals surface area contributed by atoms with E-state index in [1.165, 1.54) is 4.90 Å². The first-order chi connectivity index (χ1) is 14.5. The second-order valence-electron chi connectivity index (χ2n) is 8.22. The highest BCUT2D eigenvalue weighted by Gasteiger charge is 2.50. The molecule has 1 aliphatic rings. The Balaban J connectivity index is 1.93. The van der Waals surface area contributed by atoms with Crippen LogP contribution in [0.4, 0.5) is 5.69 Å². The number of benzene rings is 2. The SMILES string of the molecule is CCc1ccc(N2C(=O)CN(S(C)(=O)=O)C[C@]2(C)C(=O)NCc2ccc(C)cc2)cc1. The van der Waals surface area contributed by atoms with Crippen LogP contribution in [0.5, 0.6) is 0 Å². The van der Waals surface area contributed by atoms with Crippen LogP contribution in [-0.2, 0) is 32.6 Å². The van der Waals surface area contributed by atoms with Gasteiger partial charge in [0, 0.05) is 18.8 Å². The molecule has 0 unspecified atom stereocenters. The van der Waals surface area contributed by atoms with E-state index in [2.05, 4.69) is 5.32 Å². The molecule has 166 valence electrons. The van der Waals surface area contributed by atoms with Gasteiger partial charge in [0.25, 0.3) is 0 Å². The van der Waals surface area contributed by atoms with E-state index in [0.717, 1.165) is 33.7 Å². The summed E-state index contributed by atoms with van der Waals surface area (Å²) < 4.78 is 25.5. The van der Waals surface area contributed by atoms with Crippen LogP contribution >= 0.6 is 0 Å². The van der Waals surface area contributed by atoms with E-state index in [-0.39, 0.29) is 19.6 Å². The van der Waals surface area contributed by atoms with Crippen molar-refractivity contribution >= 4 is 27.5 Å². The van der Waals surface area contributed by atoms with Crippen molar-refractivity contribution in [3.63, 3.8) is 0 Å². The maximum atomic E-state index is 13.4. The molecule has 3 rings (SSSR count). The van der Waals surface area contributed by atoms with Crippen molar-refractivity contribution < 1.29 is 18.0 Å². The maximum Gasteiger partial charge on any atom is 0.247 e. The van der Waals surface area contributed by atoms with E-state index in [4.69, 9.17) is 0 Å². The Labute approximate surface area is 184 Å². The first-order valence-electron chi connectivity index (χ1n) is 10.3. The van der Waals surface area contributed by atoms with Gasteiger partial charge in [-0.2, -0.15) is 4.31 Å². The maximum absolute atomic E-state index is 13.4. The summed E-state index contributed by atoms with van der Waals surface area (Å²) in [6.45, 7) is 5.50. The zero-order valence-corrected chi connectivity index (χ0v) is 19.2. The summed E-state index contributed by atoms with van der Waals surface area (Å²) in [5.41, 5.74) is 2.32. The van der Waals surface area contributed by atoms with Gasteiger partial charge >= 0.3 is 0 Å². The van der Waals surface area contributed by atoms with Crippen LogP contribution in [0.1, 0.15) is 30.5 Å². The predicted molar refractivity (Wildman–Crippen MR) is 121 cm³/mol. The standard InChI is InChI=1S/C23H29N3O4S/c1-5-18-10-12-20(13-11-18)26-21(27)15-25(31(4,29)30)16-23(26,3)22(28)24-14-19-8-6-17(2)7-9-19/h6-13H,5,14-16H2,1-4H3,(H,24,28)/t23-/m1/s1.